The van der Waals surface area contributed by atoms with Crippen molar-refractivity contribution in [1.82, 2.24) is 5.32 Å². The summed E-state index contributed by atoms with van der Waals surface area (Å²) >= 11 is 0. The van der Waals surface area contributed by atoms with Gasteiger partial charge in [-0.25, -0.2) is 9.59 Å². The van der Waals surface area contributed by atoms with E-state index in [1.165, 1.54) is 7.11 Å². The van der Waals surface area contributed by atoms with Crippen LogP contribution in [-0.2, 0) is 23.8 Å². The second kappa shape index (κ2) is 13.9. The number of carbonyl (C=O) groups is 3. The molecule has 0 saturated heterocycles. The van der Waals surface area contributed by atoms with Crippen LogP contribution < -0.4 is 5.32 Å². The van der Waals surface area contributed by atoms with Gasteiger partial charge in [0.05, 0.1) is 7.11 Å². The summed E-state index contributed by atoms with van der Waals surface area (Å²) in [5.41, 5.74) is 0. The highest BCUT2D eigenvalue weighted by Crippen LogP contribution is 2.05. The van der Waals surface area contributed by atoms with Crippen LogP contribution in [0.1, 0.15) is 38.5 Å². The molecule has 0 unspecified atom stereocenters. The van der Waals surface area contributed by atoms with Gasteiger partial charge in [0.1, 0.15) is 13.2 Å². The zero-order chi connectivity index (χ0) is 16.6. The molecule has 0 bridgehead atoms. The predicted molar refractivity (Wildman–Crippen MR) is 80.2 cm³/mol. The van der Waals surface area contributed by atoms with Crippen molar-refractivity contribution in [3.8, 4) is 0 Å². The van der Waals surface area contributed by atoms with Crippen molar-refractivity contribution in [2.24, 2.45) is 0 Å². The molecule has 0 radical (unpaired) electrons. The molecule has 22 heavy (non-hydrogen) atoms. The second-order valence-electron chi connectivity index (χ2n) is 4.53. The van der Waals surface area contributed by atoms with E-state index in [1.807, 2.05) is 0 Å². The molecule has 0 heterocycles. The van der Waals surface area contributed by atoms with E-state index in [-0.39, 0.29) is 19.2 Å². The molecule has 0 spiro atoms. The Morgan fingerprint density at radius 2 is 1.64 bits per heavy atom. The first-order chi connectivity index (χ1) is 10.6. The summed E-state index contributed by atoms with van der Waals surface area (Å²) in [5, 5.41) is 2.60. The van der Waals surface area contributed by atoms with Crippen LogP contribution >= 0.6 is 0 Å². The molecule has 0 saturated carbocycles. The minimum Gasteiger partial charge on any atom is -0.462 e. The third-order valence-electron chi connectivity index (χ3n) is 2.77. The summed E-state index contributed by atoms with van der Waals surface area (Å²) in [7, 11) is 1.33. The lowest BCUT2D eigenvalue weighted by Crippen LogP contribution is -2.23. The first-order valence-electron chi connectivity index (χ1n) is 7.36. The Hall–Kier alpha value is -2.05. The number of carbonyl (C=O) groups excluding carboxylic acids is 3. The Morgan fingerprint density at radius 3 is 2.32 bits per heavy atom. The maximum absolute atomic E-state index is 11.4. The zero-order valence-electron chi connectivity index (χ0n) is 13.1. The number of hydrogen-bond donors (Lipinski definition) is 1. The monoisotopic (exact) mass is 315 g/mol. The zero-order valence-corrected chi connectivity index (χ0v) is 13.1. The third-order valence-corrected chi connectivity index (χ3v) is 2.77. The van der Waals surface area contributed by atoms with Gasteiger partial charge in [-0.2, -0.15) is 0 Å². The first kappa shape index (κ1) is 19.9. The summed E-state index contributed by atoms with van der Waals surface area (Å²) in [6.07, 6.45) is 5.55. The molecule has 0 atom stereocenters. The topological polar surface area (TPSA) is 90.9 Å². The fourth-order valence-electron chi connectivity index (χ4n) is 1.62. The van der Waals surface area contributed by atoms with Gasteiger partial charge in [-0.15, -0.1) is 0 Å². The SMILES string of the molecule is C=CC(=O)OCCOC(=O)CCCCCCCNC(=O)OC. The number of rotatable bonds is 12. The lowest BCUT2D eigenvalue weighted by Gasteiger charge is -2.05. The molecule has 126 valence electrons. The molecule has 7 heteroatoms. The van der Waals surface area contributed by atoms with Gasteiger partial charge in [0.15, 0.2) is 0 Å². The number of esters is 2. The minimum atomic E-state index is -0.530. The van der Waals surface area contributed by atoms with E-state index >= 15 is 0 Å². The lowest BCUT2D eigenvalue weighted by molar-refractivity contribution is -0.149. The van der Waals surface area contributed by atoms with Crippen molar-refractivity contribution < 1.29 is 28.6 Å². The number of unbranched alkanes of at least 4 members (excludes halogenated alkanes) is 4. The van der Waals surface area contributed by atoms with E-state index in [2.05, 4.69) is 21.4 Å². The van der Waals surface area contributed by atoms with E-state index < -0.39 is 12.1 Å². The van der Waals surface area contributed by atoms with Crippen molar-refractivity contribution >= 4 is 18.0 Å². The van der Waals surface area contributed by atoms with Gasteiger partial charge < -0.3 is 19.5 Å². The van der Waals surface area contributed by atoms with Crippen molar-refractivity contribution in [3.63, 3.8) is 0 Å². The van der Waals surface area contributed by atoms with E-state index in [0.29, 0.717) is 13.0 Å². The summed E-state index contributed by atoms with van der Waals surface area (Å²) in [5.74, 6) is -0.820. The van der Waals surface area contributed by atoms with Gasteiger partial charge in [-0.3, -0.25) is 4.79 Å². The van der Waals surface area contributed by atoms with Crippen molar-refractivity contribution in [2.75, 3.05) is 26.9 Å². The van der Waals surface area contributed by atoms with Crippen LogP contribution in [0, 0.1) is 0 Å². The van der Waals surface area contributed by atoms with Gasteiger partial charge in [-0.1, -0.05) is 25.8 Å². The quantitative estimate of drug-likeness (QED) is 0.256. The fraction of sp³-hybridized carbons (Fsp3) is 0.667. The average molecular weight is 315 g/mol. The molecule has 7 nitrogen and oxygen atoms in total. The molecule has 0 rings (SSSR count). The van der Waals surface area contributed by atoms with Crippen LogP contribution in [-0.4, -0.2) is 44.9 Å². The van der Waals surface area contributed by atoms with Gasteiger partial charge in [-0.05, 0) is 12.8 Å². The van der Waals surface area contributed by atoms with Crippen LogP contribution in [0.4, 0.5) is 4.79 Å². The molecule has 1 N–H and O–H groups in total. The van der Waals surface area contributed by atoms with Crippen LogP contribution in [0.2, 0.25) is 0 Å². The Balaban J connectivity index is 3.30. The van der Waals surface area contributed by atoms with Gasteiger partial charge in [0.2, 0.25) is 0 Å². The maximum Gasteiger partial charge on any atom is 0.406 e. The van der Waals surface area contributed by atoms with E-state index in [1.54, 1.807) is 0 Å². The highest BCUT2D eigenvalue weighted by atomic mass is 16.6. The maximum atomic E-state index is 11.4. The van der Waals surface area contributed by atoms with Gasteiger partial charge in [0, 0.05) is 19.0 Å². The first-order valence-corrected chi connectivity index (χ1v) is 7.36. The van der Waals surface area contributed by atoms with E-state index in [9.17, 15) is 14.4 Å². The van der Waals surface area contributed by atoms with Gasteiger partial charge in [0.25, 0.3) is 0 Å². The molecule has 0 aliphatic heterocycles. The van der Waals surface area contributed by atoms with E-state index in [4.69, 9.17) is 4.74 Å². The Labute approximate surface area is 131 Å². The lowest BCUT2D eigenvalue weighted by atomic mass is 10.1. The van der Waals surface area contributed by atoms with Crippen molar-refractivity contribution in [1.29, 1.82) is 0 Å². The van der Waals surface area contributed by atoms with Crippen LogP contribution in [0.25, 0.3) is 0 Å². The molecular weight excluding hydrogens is 290 g/mol. The molecule has 0 aliphatic rings. The minimum absolute atomic E-state index is 0.0454. The number of nitrogens with one attached hydrogen (secondary N) is 1. The van der Waals surface area contributed by atoms with Gasteiger partial charge >= 0.3 is 18.0 Å². The van der Waals surface area contributed by atoms with E-state index in [0.717, 1.165) is 38.2 Å². The van der Waals surface area contributed by atoms with Crippen LogP contribution in [0.3, 0.4) is 0 Å². The predicted octanol–water partition coefficient (Wildman–Crippen LogP) is 1.96. The van der Waals surface area contributed by atoms with Crippen LogP contribution in [0.15, 0.2) is 12.7 Å². The standard InChI is InChI=1S/C15H25NO6/c1-3-13(17)21-11-12-22-14(18)9-7-5-4-6-8-10-16-15(19)20-2/h3H,1,4-12H2,2H3,(H,16,19). The molecule has 0 aliphatic carbocycles. The molecule has 0 aromatic heterocycles. The Bertz CT molecular complexity index is 356. The highest BCUT2D eigenvalue weighted by molar-refractivity contribution is 5.81. The number of alkyl carbamates (subject to hydrolysis) is 1. The fourth-order valence-corrected chi connectivity index (χ4v) is 1.62. The normalized spacial score (nSPS) is 9.68. The van der Waals surface area contributed by atoms with Crippen molar-refractivity contribution in [2.45, 2.75) is 38.5 Å². The summed E-state index contributed by atoms with van der Waals surface area (Å²) in [6, 6.07) is 0. The number of amides is 1. The highest BCUT2D eigenvalue weighted by Gasteiger charge is 2.03. The average Bonchev–Trinajstić information content (AvgIpc) is 2.53. The molecule has 1 amide bonds. The Morgan fingerprint density at radius 1 is 1.00 bits per heavy atom. The summed E-state index contributed by atoms with van der Waals surface area (Å²) in [6.45, 7) is 3.96. The Kier molecular flexibility index (Phi) is 12.6. The second-order valence-corrected chi connectivity index (χ2v) is 4.53. The molecule has 0 fully saturated rings. The number of ether oxygens (including phenoxy) is 3. The molecular formula is C15H25NO6. The largest absolute Gasteiger partial charge is 0.462 e. The summed E-state index contributed by atoms with van der Waals surface area (Å²) < 4.78 is 14.0. The molecule has 0 aromatic carbocycles. The number of methoxy groups -OCH3 is 1. The third kappa shape index (κ3) is 13.0. The smallest absolute Gasteiger partial charge is 0.406 e. The molecule has 0 aromatic rings. The summed E-state index contributed by atoms with van der Waals surface area (Å²) in [4.78, 5) is 32.8. The van der Waals surface area contributed by atoms with Crippen molar-refractivity contribution in [3.05, 3.63) is 12.7 Å². The number of hydrogen-bond acceptors (Lipinski definition) is 6. The van der Waals surface area contributed by atoms with Crippen LogP contribution in [0.5, 0.6) is 0 Å².